The van der Waals surface area contributed by atoms with Crippen LogP contribution in [0.3, 0.4) is 0 Å². The van der Waals surface area contributed by atoms with Crippen LogP contribution in [0, 0.1) is 6.92 Å². The summed E-state index contributed by atoms with van der Waals surface area (Å²) >= 11 is 0. The highest BCUT2D eigenvalue weighted by Gasteiger charge is 2.21. The Hall–Kier alpha value is -3.91. The van der Waals surface area contributed by atoms with Crippen molar-refractivity contribution in [3.63, 3.8) is 0 Å². The lowest BCUT2D eigenvalue weighted by Crippen LogP contribution is -1.93. The lowest BCUT2D eigenvalue weighted by molar-refractivity contribution is 1.23. The SMILES string of the molecule is Cc1ccc2c(c1)c(-c1ccccc1)c(-c1ccccc1)c1c2nc2ccccn21. The Kier molecular flexibility index (Phi) is 3.72. The molecule has 0 radical (unpaired) electrons. The van der Waals surface area contributed by atoms with Crippen LogP contribution >= 0.6 is 0 Å². The predicted octanol–water partition coefficient (Wildman–Crippen LogP) is 7.28. The number of fused-ring (bicyclic) bond motifs is 5. The third-order valence-corrected chi connectivity index (χ3v) is 5.84. The first-order chi connectivity index (χ1) is 14.8. The van der Waals surface area contributed by atoms with Crippen molar-refractivity contribution < 1.29 is 0 Å². The third kappa shape index (κ3) is 2.47. The molecule has 2 heteroatoms. The molecule has 0 atom stereocenters. The van der Waals surface area contributed by atoms with Crippen LogP contribution in [0.1, 0.15) is 5.56 Å². The van der Waals surface area contributed by atoms with E-state index in [2.05, 4.69) is 109 Å². The topological polar surface area (TPSA) is 17.3 Å². The number of nitrogens with zero attached hydrogens (tertiary/aromatic N) is 2. The molecule has 0 saturated heterocycles. The Morgan fingerprint density at radius 3 is 2.03 bits per heavy atom. The van der Waals surface area contributed by atoms with Crippen molar-refractivity contribution in [2.24, 2.45) is 0 Å². The fourth-order valence-corrected chi connectivity index (χ4v) is 4.54. The van der Waals surface area contributed by atoms with Gasteiger partial charge in [0.05, 0.1) is 11.0 Å². The van der Waals surface area contributed by atoms with Gasteiger partial charge in [0.1, 0.15) is 5.65 Å². The van der Waals surface area contributed by atoms with Gasteiger partial charge in [0, 0.05) is 17.1 Å². The summed E-state index contributed by atoms with van der Waals surface area (Å²) in [5.41, 5.74) is 9.35. The smallest absolute Gasteiger partial charge is 0.137 e. The highest BCUT2D eigenvalue weighted by molar-refractivity contribution is 6.20. The number of hydrogen-bond acceptors (Lipinski definition) is 1. The Morgan fingerprint density at radius 1 is 0.633 bits per heavy atom. The van der Waals surface area contributed by atoms with Crippen LogP contribution < -0.4 is 0 Å². The second-order valence-corrected chi connectivity index (χ2v) is 7.77. The van der Waals surface area contributed by atoms with Gasteiger partial charge in [-0.1, -0.05) is 90.5 Å². The largest absolute Gasteiger partial charge is 0.299 e. The minimum absolute atomic E-state index is 0.969. The summed E-state index contributed by atoms with van der Waals surface area (Å²) in [6.07, 6.45) is 2.12. The minimum atomic E-state index is 0.969. The Morgan fingerprint density at radius 2 is 1.30 bits per heavy atom. The first kappa shape index (κ1) is 17.0. The maximum atomic E-state index is 5.06. The quantitative estimate of drug-likeness (QED) is 0.306. The van der Waals surface area contributed by atoms with Gasteiger partial charge in [0.2, 0.25) is 0 Å². The van der Waals surface area contributed by atoms with Crippen molar-refractivity contribution in [2.45, 2.75) is 6.92 Å². The lowest BCUT2D eigenvalue weighted by Gasteiger charge is -2.17. The van der Waals surface area contributed by atoms with E-state index in [4.69, 9.17) is 4.98 Å². The maximum absolute atomic E-state index is 5.06. The summed E-state index contributed by atoms with van der Waals surface area (Å²) in [6.45, 7) is 2.16. The first-order valence-electron chi connectivity index (χ1n) is 10.3. The molecule has 0 spiro atoms. The standard InChI is InChI=1S/C28H20N2/c1-19-15-16-22-23(18-19)25(20-10-4-2-5-11-20)26(21-12-6-3-7-13-21)28-27(22)29-24-14-8-9-17-30(24)28/h2-18H,1H3. The predicted molar refractivity (Wildman–Crippen MR) is 126 cm³/mol. The number of pyridine rings is 1. The molecule has 6 rings (SSSR count). The zero-order valence-electron chi connectivity index (χ0n) is 16.7. The highest BCUT2D eigenvalue weighted by Crippen LogP contribution is 2.44. The van der Waals surface area contributed by atoms with Crippen LogP contribution in [0.25, 0.3) is 49.7 Å². The van der Waals surface area contributed by atoms with Gasteiger partial charge >= 0.3 is 0 Å². The average Bonchev–Trinajstić information content (AvgIpc) is 3.18. The molecule has 6 aromatic rings. The molecular formula is C28H20N2. The van der Waals surface area contributed by atoms with E-state index in [9.17, 15) is 0 Å². The maximum Gasteiger partial charge on any atom is 0.137 e. The molecule has 0 fully saturated rings. The zero-order chi connectivity index (χ0) is 20.1. The monoisotopic (exact) mass is 384 g/mol. The summed E-state index contributed by atoms with van der Waals surface area (Å²) in [6, 6.07) is 34.3. The fourth-order valence-electron chi connectivity index (χ4n) is 4.54. The Labute approximate surface area is 175 Å². The number of aromatic nitrogens is 2. The zero-order valence-corrected chi connectivity index (χ0v) is 16.7. The van der Waals surface area contributed by atoms with Gasteiger partial charge in [0.25, 0.3) is 0 Å². The van der Waals surface area contributed by atoms with E-state index in [-0.39, 0.29) is 0 Å². The average molecular weight is 384 g/mol. The summed E-state index contributed by atoms with van der Waals surface area (Å²) in [7, 11) is 0. The summed E-state index contributed by atoms with van der Waals surface area (Å²) < 4.78 is 2.23. The van der Waals surface area contributed by atoms with E-state index < -0.39 is 0 Å². The number of aryl methyl sites for hydroxylation is 1. The van der Waals surface area contributed by atoms with Crippen LogP contribution in [0.4, 0.5) is 0 Å². The van der Waals surface area contributed by atoms with Gasteiger partial charge in [-0.3, -0.25) is 4.40 Å². The lowest BCUT2D eigenvalue weighted by atomic mass is 9.87. The van der Waals surface area contributed by atoms with Crippen molar-refractivity contribution in [3.05, 3.63) is 109 Å². The van der Waals surface area contributed by atoms with Crippen LogP contribution in [-0.4, -0.2) is 9.38 Å². The van der Waals surface area contributed by atoms with Gasteiger partial charge in [0.15, 0.2) is 0 Å². The molecule has 0 bridgehead atoms. The van der Waals surface area contributed by atoms with Gasteiger partial charge in [-0.05, 0) is 41.1 Å². The van der Waals surface area contributed by atoms with E-state index in [0.717, 1.165) is 16.7 Å². The van der Waals surface area contributed by atoms with E-state index in [1.807, 2.05) is 6.07 Å². The highest BCUT2D eigenvalue weighted by atomic mass is 15.0. The number of rotatable bonds is 2. The van der Waals surface area contributed by atoms with Crippen molar-refractivity contribution in [2.75, 3.05) is 0 Å². The van der Waals surface area contributed by atoms with Crippen LogP contribution in [0.5, 0.6) is 0 Å². The molecule has 2 heterocycles. The van der Waals surface area contributed by atoms with E-state index >= 15 is 0 Å². The molecule has 0 unspecified atom stereocenters. The Balaban J connectivity index is 1.95. The summed E-state index contributed by atoms with van der Waals surface area (Å²) in [4.78, 5) is 5.06. The molecule has 2 aromatic heterocycles. The van der Waals surface area contributed by atoms with Gasteiger partial charge < -0.3 is 0 Å². The first-order valence-corrected chi connectivity index (χ1v) is 10.3. The molecule has 0 aliphatic carbocycles. The van der Waals surface area contributed by atoms with Crippen LogP contribution in [-0.2, 0) is 0 Å². The van der Waals surface area contributed by atoms with Crippen molar-refractivity contribution in [3.8, 4) is 22.3 Å². The molecule has 0 saturated carbocycles. The molecule has 0 N–H and O–H groups in total. The molecule has 142 valence electrons. The van der Waals surface area contributed by atoms with Crippen molar-refractivity contribution >= 4 is 27.5 Å². The van der Waals surface area contributed by atoms with Crippen molar-refractivity contribution in [1.29, 1.82) is 0 Å². The van der Waals surface area contributed by atoms with Crippen LogP contribution in [0.2, 0.25) is 0 Å². The third-order valence-electron chi connectivity index (χ3n) is 5.84. The normalized spacial score (nSPS) is 11.5. The van der Waals surface area contributed by atoms with Gasteiger partial charge in [-0.2, -0.15) is 0 Å². The summed E-state index contributed by atoms with van der Waals surface area (Å²) in [5.74, 6) is 0. The number of benzene rings is 4. The van der Waals surface area contributed by atoms with E-state index in [1.54, 1.807) is 0 Å². The second-order valence-electron chi connectivity index (χ2n) is 7.77. The number of imidazole rings is 1. The summed E-state index contributed by atoms with van der Waals surface area (Å²) in [5, 5.41) is 2.44. The minimum Gasteiger partial charge on any atom is -0.299 e. The van der Waals surface area contributed by atoms with E-state index in [1.165, 1.54) is 38.6 Å². The van der Waals surface area contributed by atoms with E-state index in [0.29, 0.717) is 0 Å². The van der Waals surface area contributed by atoms with Crippen LogP contribution in [0.15, 0.2) is 103 Å². The van der Waals surface area contributed by atoms with Crippen molar-refractivity contribution in [1.82, 2.24) is 9.38 Å². The fraction of sp³-hybridized carbons (Fsp3) is 0.0357. The molecule has 4 aromatic carbocycles. The molecular weight excluding hydrogens is 364 g/mol. The second kappa shape index (κ2) is 6.57. The molecule has 30 heavy (non-hydrogen) atoms. The van der Waals surface area contributed by atoms with Gasteiger partial charge in [-0.25, -0.2) is 4.98 Å². The molecule has 0 aliphatic heterocycles. The Bertz CT molecular complexity index is 1530. The molecule has 2 nitrogen and oxygen atoms in total. The number of hydrogen-bond donors (Lipinski definition) is 0. The molecule has 0 aliphatic rings. The molecule has 0 amide bonds. The van der Waals surface area contributed by atoms with Gasteiger partial charge in [-0.15, -0.1) is 0 Å².